The van der Waals surface area contributed by atoms with E-state index in [4.69, 9.17) is 28.1 Å². The van der Waals surface area contributed by atoms with E-state index in [0.29, 0.717) is 39.8 Å². The number of pyridine rings is 1. The lowest BCUT2D eigenvalue weighted by molar-refractivity contribution is 0.0514. The van der Waals surface area contributed by atoms with Gasteiger partial charge in [-0.1, -0.05) is 18.2 Å². The quantitative estimate of drug-likeness (QED) is 0.266. The van der Waals surface area contributed by atoms with Crippen molar-refractivity contribution in [3.63, 3.8) is 0 Å². The van der Waals surface area contributed by atoms with E-state index in [-0.39, 0.29) is 30.6 Å². The van der Waals surface area contributed by atoms with Crippen molar-refractivity contribution in [3.05, 3.63) is 89.5 Å². The Morgan fingerprint density at radius 2 is 1.89 bits per heavy atom. The second-order valence-corrected chi connectivity index (χ2v) is 8.10. The number of aryl methyl sites for hydroxylation is 1. The van der Waals surface area contributed by atoms with Crippen LogP contribution in [-0.4, -0.2) is 31.5 Å². The van der Waals surface area contributed by atoms with Crippen LogP contribution in [0, 0.1) is 18.3 Å². The number of rotatable bonds is 8. The lowest BCUT2D eigenvalue weighted by Gasteiger charge is -2.16. The molecule has 0 unspecified atom stereocenters. The molecule has 9 nitrogen and oxygen atoms in total. The number of aromatic nitrogens is 1. The number of ether oxygens (including phenoxy) is 5. The van der Waals surface area contributed by atoms with Gasteiger partial charge in [0.1, 0.15) is 29.7 Å². The molecule has 1 aliphatic rings. The Bertz CT molecular complexity index is 1530. The average molecular weight is 511 g/mol. The normalized spacial score (nSPS) is 11.8. The molecule has 190 valence electrons. The third-order valence-electron chi connectivity index (χ3n) is 5.76. The summed E-state index contributed by atoms with van der Waals surface area (Å²) in [6, 6.07) is 17.9. The molecule has 2 aromatic carbocycles. The molecule has 3 heterocycles. The van der Waals surface area contributed by atoms with Gasteiger partial charge in [-0.05, 0) is 55.0 Å². The van der Waals surface area contributed by atoms with Crippen LogP contribution in [0.3, 0.4) is 0 Å². The molecular formula is C29H22N2O7. The standard InChI is InChI=1S/C29H22N2O7/c1-18-22(5-3-14-35-29(32)25-6-4-13-34-25)27(19-7-9-20(33-2)10-8-19)23(16-30)28(31-18)38-21-11-12-24-26(15-21)37-17-36-24/h3-13,15H,14,17H2,1-2H3. The molecule has 0 fully saturated rings. The molecule has 38 heavy (non-hydrogen) atoms. The molecule has 0 bridgehead atoms. The Morgan fingerprint density at radius 1 is 1.11 bits per heavy atom. The van der Waals surface area contributed by atoms with E-state index < -0.39 is 5.97 Å². The number of nitrogens with zero attached hydrogens (tertiary/aromatic N) is 2. The van der Waals surface area contributed by atoms with Crippen LogP contribution in [0.1, 0.15) is 27.4 Å². The summed E-state index contributed by atoms with van der Waals surface area (Å²) in [6.07, 6.45) is 4.85. The van der Waals surface area contributed by atoms with Crippen LogP contribution < -0.4 is 18.9 Å². The van der Waals surface area contributed by atoms with Crippen LogP contribution >= 0.6 is 0 Å². The first-order valence-electron chi connectivity index (χ1n) is 11.6. The number of hydrogen-bond donors (Lipinski definition) is 0. The van der Waals surface area contributed by atoms with E-state index in [2.05, 4.69) is 11.1 Å². The molecule has 9 heteroatoms. The molecule has 4 aromatic rings. The van der Waals surface area contributed by atoms with Gasteiger partial charge in [-0.25, -0.2) is 9.78 Å². The summed E-state index contributed by atoms with van der Waals surface area (Å²) in [5.74, 6) is 1.99. The number of nitriles is 1. The van der Waals surface area contributed by atoms with Gasteiger partial charge in [0.25, 0.3) is 0 Å². The summed E-state index contributed by atoms with van der Waals surface area (Å²) in [5, 5.41) is 10.2. The molecular weight excluding hydrogens is 488 g/mol. The predicted octanol–water partition coefficient (Wildman–Crippen LogP) is 5.92. The van der Waals surface area contributed by atoms with Crippen molar-refractivity contribution < 1.29 is 32.9 Å². The van der Waals surface area contributed by atoms with E-state index in [1.807, 2.05) is 31.2 Å². The molecule has 0 radical (unpaired) electrons. The minimum atomic E-state index is -0.574. The summed E-state index contributed by atoms with van der Waals surface area (Å²) in [4.78, 5) is 16.7. The van der Waals surface area contributed by atoms with Gasteiger partial charge in [0.15, 0.2) is 11.5 Å². The second-order valence-electron chi connectivity index (χ2n) is 8.10. The Kier molecular flexibility index (Phi) is 6.95. The third kappa shape index (κ3) is 5.01. The minimum absolute atomic E-state index is 0.00163. The number of hydrogen-bond acceptors (Lipinski definition) is 9. The van der Waals surface area contributed by atoms with E-state index in [1.54, 1.807) is 43.5 Å². The van der Waals surface area contributed by atoms with Crippen molar-refractivity contribution in [2.45, 2.75) is 6.92 Å². The summed E-state index contributed by atoms with van der Waals surface area (Å²) in [6.45, 7) is 1.95. The number of carbonyl (C=O) groups excluding carboxylic acids is 1. The molecule has 1 aliphatic heterocycles. The first kappa shape index (κ1) is 24.5. The SMILES string of the molecule is COc1ccc(-c2c(C#N)c(Oc3ccc4c(c3)OCO4)nc(C)c2C=CCOC(=O)c2ccco2)cc1. The van der Waals surface area contributed by atoms with Crippen LogP contribution in [0.5, 0.6) is 28.9 Å². The van der Waals surface area contributed by atoms with Crippen molar-refractivity contribution in [2.75, 3.05) is 20.5 Å². The molecule has 0 atom stereocenters. The smallest absolute Gasteiger partial charge is 0.374 e. The highest BCUT2D eigenvalue weighted by Gasteiger charge is 2.21. The zero-order chi connectivity index (χ0) is 26.5. The molecule has 0 spiro atoms. The fourth-order valence-corrected chi connectivity index (χ4v) is 3.94. The minimum Gasteiger partial charge on any atom is -0.497 e. The fraction of sp³-hybridized carbons (Fsp3) is 0.138. The number of carbonyl (C=O) groups is 1. The largest absolute Gasteiger partial charge is 0.497 e. The highest BCUT2D eigenvalue weighted by molar-refractivity contribution is 5.86. The summed E-state index contributed by atoms with van der Waals surface area (Å²) in [5.41, 5.74) is 2.91. The zero-order valence-corrected chi connectivity index (χ0v) is 20.6. The molecule has 0 N–H and O–H groups in total. The maximum atomic E-state index is 12.1. The maximum Gasteiger partial charge on any atom is 0.374 e. The van der Waals surface area contributed by atoms with Gasteiger partial charge in [0.05, 0.1) is 13.4 Å². The number of benzene rings is 2. The monoisotopic (exact) mass is 510 g/mol. The van der Waals surface area contributed by atoms with Gasteiger partial charge < -0.3 is 28.1 Å². The number of furan rings is 1. The first-order chi connectivity index (χ1) is 18.6. The van der Waals surface area contributed by atoms with Crippen LogP contribution in [0.2, 0.25) is 0 Å². The topological polar surface area (TPSA) is 113 Å². The number of fused-ring (bicyclic) bond motifs is 1. The van der Waals surface area contributed by atoms with Crippen LogP contribution in [0.15, 0.2) is 71.4 Å². The first-order valence-corrected chi connectivity index (χ1v) is 11.6. The van der Waals surface area contributed by atoms with Crippen molar-refractivity contribution in [1.29, 1.82) is 5.26 Å². The molecule has 0 amide bonds. The van der Waals surface area contributed by atoms with Crippen molar-refractivity contribution in [3.8, 4) is 46.1 Å². The van der Waals surface area contributed by atoms with Crippen molar-refractivity contribution >= 4 is 12.0 Å². The molecule has 0 aliphatic carbocycles. The van der Waals surface area contributed by atoms with Gasteiger partial charge in [-0.2, -0.15) is 5.26 Å². The van der Waals surface area contributed by atoms with E-state index in [1.165, 1.54) is 12.3 Å². The average Bonchev–Trinajstić information content (AvgIpc) is 3.64. The molecule has 0 saturated heterocycles. The van der Waals surface area contributed by atoms with Gasteiger partial charge in [-0.15, -0.1) is 0 Å². The van der Waals surface area contributed by atoms with Crippen LogP contribution in [-0.2, 0) is 4.74 Å². The summed E-state index contributed by atoms with van der Waals surface area (Å²) in [7, 11) is 1.59. The fourth-order valence-electron chi connectivity index (χ4n) is 3.94. The Balaban J connectivity index is 1.51. The van der Waals surface area contributed by atoms with Gasteiger partial charge in [0.2, 0.25) is 18.4 Å². The second kappa shape index (κ2) is 10.8. The van der Waals surface area contributed by atoms with Crippen molar-refractivity contribution in [2.24, 2.45) is 0 Å². The van der Waals surface area contributed by atoms with E-state index in [0.717, 1.165) is 5.56 Å². The highest BCUT2D eigenvalue weighted by Crippen LogP contribution is 2.40. The Labute approximate surface area is 218 Å². The molecule has 0 saturated carbocycles. The maximum absolute atomic E-state index is 12.1. The van der Waals surface area contributed by atoms with Crippen LogP contribution in [0.25, 0.3) is 17.2 Å². The van der Waals surface area contributed by atoms with Crippen molar-refractivity contribution in [1.82, 2.24) is 4.98 Å². The molecule has 2 aromatic heterocycles. The van der Waals surface area contributed by atoms with Gasteiger partial charge >= 0.3 is 5.97 Å². The Morgan fingerprint density at radius 3 is 2.63 bits per heavy atom. The number of methoxy groups -OCH3 is 1. The number of esters is 1. The van der Waals surface area contributed by atoms with Crippen LogP contribution in [0.4, 0.5) is 0 Å². The van der Waals surface area contributed by atoms with E-state index in [9.17, 15) is 10.1 Å². The van der Waals surface area contributed by atoms with Gasteiger partial charge in [-0.3, -0.25) is 0 Å². The predicted molar refractivity (Wildman–Crippen MR) is 136 cm³/mol. The summed E-state index contributed by atoms with van der Waals surface area (Å²) < 4.78 is 32.5. The van der Waals surface area contributed by atoms with E-state index >= 15 is 0 Å². The highest BCUT2D eigenvalue weighted by atomic mass is 16.7. The third-order valence-corrected chi connectivity index (χ3v) is 5.76. The summed E-state index contributed by atoms with van der Waals surface area (Å²) >= 11 is 0. The lowest BCUT2D eigenvalue weighted by Crippen LogP contribution is -2.04. The van der Waals surface area contributed by atoms with Gasteiger partial charge in [0, 0.05) is 22.9 Å². The molecule has 5 rings (SSSR count). The Hall–Kier alpha value is -5.23. The zero-order valence-electron chi connectivity index (χ0n) is 20.6. The lowest BCUT2D eigenvalue weighted by atomic mass is 9.94.